The second kappa shape index (κ2) is 24.4. The minimum Gasteiger partial charge on any atom is -0.289 e. The van der Waals surface area contributed by atoms with E-state index in [0.29, 0.717) is 0 Å². The van der Waals surface area contributed by atoms with Crippen LogP contribution in [0.3, 0.4) is 0 Å². The van der Waals surface area contributed by atoms with Crippen molar-refractivity contribution in [2.75, 3.05) is 0 Å². The lowest BCUT2D eigenvalue weighted by Crippen LogP contribution is -1.99. The fourth-order valence-electron chi connectivity index (χ4n) is 5.29. The molecular formula is C52H46OS2. The third kappa shape index (κ3) is 16.0. The lowest BCUT2D eigenvalue weighted by atomic mass is 10.0. The lowest BCUT2D eigenvalue weighted by molar-refractivity contribution is 0.103. The van der Waals surface area contributed by atoms with Crippen LogP contribution in [0, 0.1) is 0 Å². The van der Waals surface area contributed by atoms with Crippen LogP contribution in [0.15, 0.2) is 257 Å². The molecule has 272 valence electrons. The molecule has 8 aromatic rings. The zero-order valence-electron chi connectivity index (χ0n) is 30.9. The smallest absolute Gasteiger partial charge is 0.193 e. The highest BCUT2D eigenvalue weighted by Crippen LogP contribution is 2.26. The molecule has 0 saturated heterocycles. The number of benzene rings is 8. The van der Waals surface area contributed by atoms with Gasteiger partial charge in [0.15, 0.2) is 5.78 Å². The van der Waals surface area contributed by atoms with E-state index in [1.165, 1.54) is 31.4 Å². The van der Waals surface area contributed by atoms with Crippen LogP contribution in [0.4, 0.5) is 0 Å². The number of rotatable bonds is 10. The Bertz CT molecular complexity index is 1910. The molecule has 0 amide bonds. The van der Waals surface area contributed by atoms with Crippen LogP contribution in [-0.2, 0) is 18.6 Å². The average Bonchev–Trinajstić information content (AvgIpc) is 3.28. The van der Waals surface area contributed by atoms with Crippen LogP contribution in [0.1, 0.15) is 32.6 Å². The van der Waals surface area contributed by atoms with E-state index < -0.39 is 0 Å². The first-order valence-corrected chi connectivity index (χ1v) is 20.3. The van der Waals surface area contributed by atoms with E-state index in [4.69, 9.17) is 0 Å². The highest BCUT2D eigenvalue weighted by Gasteiger charge is 2.06. The van der Waals surface area contributed by atoms with Gasteiger partial charge in [0, 0.05) is 31.6 Å². The van der Waals surface area contributed by atoms with E-state index in [1.54, 1.807) is 11.8 Å². The van der Waals surface area contributed by atoms with Crippen molar-refractivity contribution < 1.29 is 4.79 Å². The van der Waals surface area contributed by atoms with Crippen molar-refractivity contribution in [1.29, 1.82) is 0 Å². The fraction of sp³-hybridized carbons (Fsp3) is 0.0577. The molecule has 0 heterocycles. The number of carbonyl (C=O) groups is 1. The van der Waals surface area contributed by atoms with Crippen molar-refractivity contribution in [1.82, 2.24) is 0 Å². The summed E-state index contributed by atoms with van der Waals surface area (Å²) in [5, 5.41) is 0. The zero-order chi connectivity index (χ0) is 38.0. The molecule has 3 heteroatoms. The zero-order valence-corrected chi connectivity index (χ0v) is 32.6. The highest BCUT2D eigenvalue weighted by atomic mass is 32.2. The molecule has 1 nitrogen and oxygen atoms in total. The van der Waals surface area contributed by atoms with Gasteiger partial charge >= 0.3 is 0 Å². The number of carbonyl (C=O) groups excluding carboxylic acids is 1. The van der Waals surface area contributed by atoms with Crippen molar-refractivity contribution in [3.05, 3.63) is 270 Å². The SMILES string of the molecule is O=C(c1ccccc1)c1ccccc1.c1ccc(CCc2ccccc2)cc1.c1ccc(CSc2ccccc2)cc1.c1ccc(Sc2ccccc2)cc1. The Hall–Kier alpha value is -5.87. The monoisotopic (exact) mass is 750 g/mol. The van der Waals surface area contributed by atoms with Gasteiger partial charge in [-0.05, 0) is 65.9 Å². The van der Waals surface area contributed by atoms with Crippen LogP contribution in [0.2, 0.25) is 0 Å². The summed E-state index contributed by atoms with van der Waals surface area (Å²) in [5.74, 6) is 1.12. The van der Waals surface area contributed by atoms with Gasteiger partial charge in [-0.15, -0.1) is 11.8 Å². The summed E-state index contributed by atoms with van der Waals surface area (Å²) < 4.78 is 0. The Balaban J connectivity index is 0.000000141. The van der Waals surface area contributed by atoms with Crippen molar-refractivity contribution in [3.63, 3.8) is 0 Å². The molecule has 0 unspecified atom stereocenters. The number of hydrogen-bond donors (Lipinski definition) is 0. The topological polar surface area (TPSA) is 17.1 Å². The van der Waals surface area contributed by atoms with Gasteiger partial charge in [-0.3, -0.25) is 4.79 Å². The van der Waals surface area contributed by atoms with E-state index in [0.717, 1.165) is 29.7 Å². The maximum atomic E-state index is 11.8. The predicted octanol–water partition coefficient (Wildman–Crippen LogP) is 14.2. The molecule has 0 saturated carbocycles. The van der Waals surface area contributed by atoms with Crippen LogP contribution in [0.5, 0.6) is 0 Å². The van der Waals surface area contributed by atoms with Gasteiger partial charge in [-0.2, -0.15) is 0 Å². The van der Waals surface area contributed by atoms with E-state index >= 15 is 0 Å². The Morgan fingerprint density at radius 2 is 0.582 bits per heavy atom. The number of hydrogen-bond acceptors (Lipinski definition) is 3. The second-order valence-corrected chi connectivity index (χ2v) is 14.5. The molecule has 0 spiro atoms. The number of ketones is 1. The molecule has 0 aliphatic carbocycles. The average molecular weight is 751 g/mol. The molecule has 0 aliphatic rings. The van der Waals surface area contributed by atoms with Crippen LogP contribution >= 0.6 is 23.5 Å². The molecule has 0 radical (unpaired) electrons. The van der Waals surface area contributed by atoms with E-state index in [1.807, 2.05) is 90.6 Å². The maximum absolute atomic E-state index is 11.8. The van der Waals surface area contributed by atoms with Crippen LogP contribution in [0.25, 0.3) is 0 Å². The third-order valence-electron chi connectivity index (χ3n) is 8.17. The molecule has 8 aromatic carbocycles. The Morgan fingerprint density at radius 1 is 0.309 bits per heavy atom. The predicted molar refractivity (Wildman–Crippen MR) is 236 cm³/mol. The van der Waals surface area contributed by atoms with Crippen molar-refractivity contribution in [2.24, 2.45) is 0 Å². The van der Waals surface area contributed by atoms with Crippen LogP contribution < -0.4 is 0 Å². The van der Waals surface area contributed by atoms with Crippen molar-refractivity contribution in [3.8, 4) is 0 Å². The second-order valence-electron chi connectivity index (χ2n) is 12.3. The molecular weight excluding hydrogens is 705 g/mol. The van der Waals surface area contributed by atoms with Crippen molar-refractivity contribution in [2.45, 2.75) is 33.3 Å². The summed E-state index contributed by atoms with van der Waals surface area (Å²) in [6, 6.07) is 81.7. The standard InChI is InChI=1S/C14H14.C13H10O.C13H12S.C12H10S/c1-3-7-13(8-4-1)11-12-14-9-5-2-6-10-14;14-13(11-7-3-1-4-8-11)12-9-5-2-6-10-12;1-3-7-12(8-4-1)11-14-13-9-5-2-6-10-13;1-3-7-11(8-4-1)13-12-9-5-2-6-10-12/h1-10H,11-12H2;1-10H;1-10H,11H2;1-10H. The minimum absolute atomic E-state index is 0.0752. The van der Waals surface area contributed by atoms with Gasteiger partial charge in [0.2, 0.25) is 0 Å². The largest absolute Gasteiger partial charge is 0.289 e. The van der Waals surface area contributed by atoms with Crippen molar-refractivity contribution >= 4 is 29.3 Å². The summed E-state index contributed by atoms with van der Waals surface area (Å²) in [5.41, 5.74) is 5.67. The molecule has 0 aliphatic heterocycles. The van der Waals surface area contributed by atoms with E-state index in [2.05, 4.69) is 164 Å². The van der Waals surface area contributed by atoms with Gasteiger partial charge in [0.25, 0.3) is 0 Å². The number of aryl methyl sites for hydroxylation is 2. The maximum Gasteiger partial charge on any atom is 0.193 e. The summed E-state index contributed by atoms with van der Waals surface area (Å²) >= 11 is 3.66. The third-order valence-corrected chi connectivity index (χ3v) is 10.3. The molecule has 0 atom stereocenters. The minimum atomic E-state index is 0.0752. The molecule has 8 rings (SSSR count). The van der Waals surface area contributed by atoms with E-state index in [-0.39, 0.29) is 5.78 Å². The van der Waals surface area contributed by atoms with E-state index in [9.17, 15) is 4.79 Å². The Morgan fingerprint density at radius 3 is 0.927 bits per heavy atom. The summed E-state index contributed by atoms with van der Waals surface area (Å²) in [6.45, 7) is 0. The lowest BCUT2D eigenvalue weighted by Gasteiger charge is -2.01. The molecule has 0 N–H and O–H groups in total. The van der Waals surface area contributed by atoms with Gasteiger partial charge in [-0.25, -0.2) is 0 Å². The van der Waals surface area contributed by atoms with Crippen LogP contribution in [-0.4, -0.2) is 5.78 Å². The molecule has 0 bridgehead atoms. The summed E-state index contributed by atoms with van der Waals surface area (Å²) in [7, 11) is 0. The first kappa shape index (κ1) is 40.3. The quantitative estimate of drug-likeness (QED) is 0.102. The fourth-order valence-corrected chi connectivity index (χ4v) is 7.03. The molecule has 0 fully saturated rings. The normalized spacial score (nSPS) is 9.89. The highest BCUT2D eigenvalue weighted by molar-refractivity contribution is 7.99. The molecule has 0 aromatic heterocycles. The summed E-state index contributed by atoms with van der Waals surface area (Å²) in [6.07, 6.45) is 2.26. The Labute approximate surface area is 336 Å². The van der Waals surface area contributed by atoms with Gasteiger partial charge < -0.3 is 0 Å². The molecule has 55 heavy (non-hydrogen) atoms. The van der Waals surface area contributed by atoms with Gasteiger partial charge in [0.1, 0.15) is 0 Å². The Kier molecular flexibility index (Phi) is 17.9. The summed E-state index contributed by atoms with van der Waals surface area (Å²) in [4.78, 5) is 15.7. The first-order valence-electron chi connectivity index (χ1n) is 18.5. The number of thioether (sulfide) groups is 1. The first-order chi connectivity index (χ1) is 27.2. The van der Waals surface area contributed by atoms with Gasteiger partial charge in [0.05, 0.1) is 0 Å². The van der Waals surface area contributed by atoms with Gasteiger partial charge in [-0.1, -0.05) is 218 Å².